The predicted molar refractivity (Wildman–Crippen MR) is 69.1 cm³/mol. The summed E-state index contributed by atoms with van der Waals surface area (Å²) in [5.41, 5.74) is 0.618. The molecule has 0 bridgehead atoms. The van der Waals surface area contributed by atoms with Crippen LogP contribution in [-0.4, -0.2) is 10.8 Å². The second-order valence-electron chi connectivity index (χ2n) is 3.27. The van der Waals surface area contributed by atoms with E-state index in [1.54, 1.807) is 30.3 Å². The Morgan fingerprint density at radius 1 is 1.00 bits per heavy atom. The molecule has 0 amide bonds. The van der Waals surface area contributed by atoms with Gasteiger partial charge >= 0.3 is 0 Å². The van der Waals surface area contributed by atoms with E-state index in [-0.39, 0.29) is 16.0 Å². The molecular weight excluding hydrogens is 280 g/mol. The number of benzene rings is 1. The molecule has 0 atom stereocenters. The molecule has 2 nitrogen and oxygen atoms in total. The van der Waals surface area contributed by atoms with E-state index in [0.29, 0.717) is 16.1 Å². The number of hydrogen-bond acceptors (Lipinski definition) is 2. The fourth-order valence-corrected chi connectivity index (χ4v) is 1.97. The summed E-state index contributed by atoms with van der Waals surface area (Å²) in [4.78, 5) is 16.0. The van der Waals surface area contributed by atoms with E-state index >= 15 is 0 Å². The summed E-state index contributed by atoms with van der Waals surface area (Å²) in [5.74, 6) is -0.296. The van der Waals surface area contributed by atoms with Crippen LogP contribution in [0, 0.1) is 0 Å². The Bertz CT molecular complexity index is 584. The predicted octanol–water partition coefficient (Wildman–Crippen LogP) is 4.27. The summed E-state index contributed by atoms with van der Waals surface area (Å²) in [6.07, 6.45) is 1.51. The van der Waals surface area contributed by atoms with Crippen LogP contribution in [0.1, 0.15) is 15.9 Å². The molecule has 0 unspecified atom stereocenters. The largest absolute Gasteiger partial charge is 0.288 e. The summed E-state index contributed by atoms with van der Waals surface area (Å²) in [6.45, 7) is 0. The highest BCUT2D eigenvalue weighted by molar-refractivity contribution is 6.44. The summed E-state index contributed by atoms with van der Waals surface area (Å²) < 4.78 is 0. The normalized spacial score (nSPS) is 10.3. The molecule has 5 heteroatoms. The first-order chi connectivity index (χ1) is 8.11. The summed E-state index contributed by atoms with van der Waals surface area (Å²) in [5, 5.41) is 0.699. The second kappa shape index (κ2) is 5.05. The van der Waals surface area contributed by atoms with Gasteiger partial charge in [0.05, 0.1) is 15.6 Å². The van der Waals surface area contributed by atoms with Gasteiger partial charge in [-0.1, -0.05) is 40.9 Å². The van der Waals surface area contributed by atoms with E-state index in [9.17, 15) is 4.79 Å². The standard InChI is InChI=1S/C12H6Cl3NO/c13-9-5-1-3-7(10(9)14)11(17)8-4-2-6-16-12(8)15/h1-6H. The molecule has 0 aliphatic carbocycles. The van der Waals surface area contributed by atoms with Gasteiger partial charge in [0.1, 0.15) is 5.15 Å². The van der Waals surface area contributed by atoms with Gasteiger partial charge < -0.3 is 0 Å². The summed E-state index contributed by atoms with van der Waals surface area (Å²) in [7, 11) is 0. The van der Waals surface area contributed by atoms with Crippen molar-refractivity contribution >= 4 is 40.6 Å². The molecule has 0 N–H and O–H groups in total. The lowest BCUT2D eigenvalue weighted by Gasteiger charge is -2.05. The Labute approximate surface area is 113 Å². The molecule has 86 valence electrons. The van der Waals surface area contributed by atoms with E-state index < -0.39 is 0 Å². The highest BCUT2D eigenvalue weighted by Crippen LogP contribution is 2.28. The third-order valence-electron chi connectivity index (χ3n) is 2.20. The molecule has 0 saturated carbocycles. The fraction of sp³-hybridized carbons (Fsp3) is 0. The van der Waals surface area contributed by atoms with E-state index in [1.165, 1.54) is 6.20 Å². The maximum atomic E-state index is 12.2. The highest BCUT2D eigenvalue weighted by atomic mass is 35.5. The topological polar surface area (TPSA) is 30.0 Å². The highest BCUT2D eigenvalue weighted by Gasteiger charge is 2.17. The van der Waals surface area contributed by atoms with Crippen molar-refractivity contribution < 1.29 is 4.79 Å². The maximum absolute atomic E-state index is 12.2. The quantitative estimate of drug-likeness (QED) is 0.609. The number of ketones is 1. The molecule has 0 fully saturated rings. The summed E-state index contributed by atoms with van der Waals surface area (Å²) >= 11 is 17.7. The average Bonchev–Trinajstić information content (AvgIpc) is 2.32. The van der Waals surface area contributed by atoms with Crippen LogP contribution >= 0.6 is 34.8 Å². The zero-order chi connectivity index (χ0) is 12.4. The van der Waals surface area contributed by atoms with Crippen molar-refractivity contribution in [2.24, 2.45) is 0 Å². The molecule has 1 heterocycles. The van der Waals surface area contributed by atoms with E-state index in [2.05, 4.69) is 4.98 Å². The van der Waals surface area contributed by atoms with Crippen LogP contribution in [0.4, 0.5) is 0 Å². The summed E-state index contributed by atoms with van der Waals surface area (Å²) in [6, 6.07) is 8.10. The number of carbonyl (C=O) groups excluding carboxylic acids is 1. The number of pyridine rings is 1. The van der Waals surface area contributed by atoms with Gasteiger partial charge in [-0.25, -0.2) is 4.98 Å². The molecule has 1 aromatic carbocycles. The Kier molecular flexibility index (Phi) is 3.67. The Morgan fingerprint density at radius 2 is 1.71 bits per heavy atom. The van der Waals surface area contributed by atoms with Gasteiger partial charge in [0.2, 0.25) is 0 Å². The molecule has 0 aliphatic heterocycles. The number of halogens is 3. The molecule has 2 rings (SSSR count). The Morgan fingerprint density at radius 3 is 2.41 bits per heavy atom. The minimum absolute atomic E-state index is 0.147. The zero-order valence-electron chi connectivity index (χ0n) is 8.45. The number of aromatic nitrogens is 1. The lowest BCUT2D eigenvalue weighted by molar-refractivity contribution is 0.103. The second-order valence-corrected chi connectivity index (χ2v) is 4.42. The van der Waals surface area contributed by atoms with Crippen LogP contribution in [0.5, 0.6) is 0 Å². The van der Waals surface area contributed by atoms with E-state index in [4.69, 9.17) is 34.8 Å². The molecule has 1 aromatic heterocycles. The van der Waals surface area contributed by atoms with Gasteiger partial charge in [-0.2, -0.15) is 0 Å². The lowest BCUT2D eigenvalue weighted by atomic mass is 10.1. The number of carbonyl (C=O) groups is 1. The van der Waals surface area contributed by atoms with Crippen LogP contribution < -0.4 is 0 Å². The first-order valence-corrected chi connectivity index (χ1v) is 5.84. The molecule has 0 aliphatic rings. The molecule has 0 radical (unpaired) electrons. The van der Waals surface area contributed by atoms with Gasteiger partial charge in [0.25, 0.3) is 0 Å². The van der Waals surface area contributed by atoms with E-state index in [1.807, 2.05) is 0 Å². The Hall–Kier alpha value is -1.09. The van der Waals surface area contributed by atoms with Gasteiger partial charge in [-0.05, 0) is 24.3 Å². The van der Waals surface area contributed by atoms with Crippen LogP contribution in [0.25, 0.3) is 0 Å². The first-order valence-electron chi connectivity index (χ1n) is 4.70. The monoisotopic (exact) mass is 285 g/mol. The van der Waals surface area contributed by atoms with Crippen molar-refractivity contribution in [1.82, 2.24) is 4.98 Å². The minimum Gasteiger partial charge on any atom is -0.288 e. The number of nitrogens with zero attached hydrogens (tertiary/aromatic N) is 1. The third-order valence-corrected chi connectivity index (χ3v) is 3.32. The fourth-order valence-electron chi connectivity index (χ4n) is 1.38. The van der Waals surface area contributed by atoms with Crippen molar-refractivity contribution in [3.63, 3.8) is 0 Å². The smallest absolute Gasteiger partial charge is 0.197 e. The van der Waals surface area contributed by atoms with Crippen LogP contribution in [0.3, 0.4) is 0 Å². The van der Waals surface area contributed by atoms with Gasteiger partial charge in [-0.3, -0.25) is 4.79 Å². The molecular formula is C12H6Cl3NO. The molecule has 17 heavy (non-hydrogen) atoms. The molecule has 0 saturated heterocycles. The van der Waals surface area contributed by atoms with Crippen molar-refractivity contribution in [1.29, 1.82) is 0 Å². The van der Waals surface area contributed by atoms with Gasteiger partial charge in [-0.15, -0.1) is 0 Å². The molecule has 0 spiro atoms. The van der Waals surface area contributed by atoms with E-state index in [0.717, 1.165) is 0 Å². The lowest BCUT2D eigenvalue weighted by Crippen LogP contribution is -2.04. The van der Waals surface area contributed by atoms with Crippen molar-refractivity contribution in [2.45, 2.75) is 0 Å². The maximum Gasteiger partial charge on any atom is 0.197 e. The van der Waals surface area contributed by atoms with Gasteiger partial charge in [0, 0.05) is 11.8 Å². The van der Waals surface area contributed by atoms with Crippen molar-refractivity contribution in [2.75, 3.05) is 0 Å². The first kappa shape index (κ1) is 12.4. The van der Waals surface area contributed by atoms with Crippen LogP contribution in [0.2, 0.25) is 15.2 Å². The van der Waals surface area contributed by atoms with Crippen LogP contribution in [0.15, 0.2) is 36.5 Å². The third kappa shape index (κ3) is 2.44. The zero-order valence-corrected chi connectivity index (χ0v) is 10.7. The van der Waals surface area contributed by atoms with Crippen molar-refractivity contribution in [3.8, 4) is 0 Å². The average molecular weight is 287 g/mol. The SMILES string of the molecule is O=C(c1cccnc1Cl)c1cccc(Cl)c1Cl. The number of hydrogen-bond donors (Lipinski definition) is 0. The number of rotatable bonds is 2. The van der Waals surface area contributed by atoms with Crippen LogP contribution in [-0.2, 0) is 0 Å². The minimum atomic E-state index is -0.296. The Balaban J connectivity index is 2.52. The van der Waals surface area contributed by atoms with Gasteiger partial charge in [0.15, 0.2) is 5.78 Å². The van der Waals surface area contributed by atoms with Crippen molar-refractivity contribution in [3.05, 3.63) is 62.9 Å². The molecule has 2 aromatic rings.